The molecule has 1 N–H and O–H groups in total. The highest BCUT2D eigenvalue weighted by molar-refractivity contribution is 5.69. The number of carbonyl (C=O) groups is 1. The summed E-state index contributed by atoms with van der Waals surface area (Å²) < 4.78 is 11.6. The molecule has 1 aromatic carbocycles. The SMILES string of the molecule is CN(CC(=O)O)CC1CN(Cc2ccc(OCc3cccnc3)cc2)CCO1. The van der Waals surface area contributed by atoms with E-state index in [4.69, 9.17) is 14.6 Å². The number of ether oxygens (including phenoxy) is 2. The smallest absolute Gasteiger partial charge is 0.317 e. The van der Waals surface area contributed by atoms with Gasteiger partial charge in [0.1, 0.15) is 12.4 Å². The number of aromatic nitrogens is 1. The predicted octanol–water partition coefficient (Wildman–Crippen LogP) is 1.88. The molecule has 0 bridgehead atoms. The van der Waals surface area contributed by atoms with Gasteiger partial charge in [-0.25, -0.2) is 0 Å². The lowest BCUT2D eigenvalue weighted by molar-refractivity contribution is -0.138. The van der Waals surface area contributed by atoms with Crippen LogP contribution in [0.1, 0.15) is 11.1 Å². The van der Waals surface area contributed by atoms with E-state index in [1.165, 1.54) is 5.56 Å². The maximum absolute atomic E-state index is 10.8. The van der Waals surface area contributed by atoms with Crippen molar-refractivity contribution in [2.75, 3.05) is 39.8 Å². The van der Waals surface area contributed by atoms with Crippen molar-refractivity contribution >= 4 is 5.97 Å². The van der Waals surface area contributed by atoms with Crippen molar-refractivity contribution in [1.29, 1.82) is 0 Å². The Balaban J connectivity index is 1.46. The van der Waals surface area contributed by atoms with Gasteiger partial charge in [0, 0.05) is 44.1 Å². The van der Waals surface area contributed by atoms with Gasteiger partial charge in [-0.1, -0.05) is 18.2 Å². The average molecular weight is 385 g/mol. The van der Waals surface area contributed by atoms with Crippen molar-refractivity contribution in [3.8, 4) is 5.75 Å². The van der Waals surface area contributed by atoms with Gasteiger partial charge >= 0.3 is 5.97 Å². The summed E-state index contributed by atoms with van der Waals surface area (Å²) >= 11 is 0. The fourth-order valence-corrected chi connectivity index (χ4v) is 3.28. The second kappa shape index (κ2) is 10.2. The van der Waals surface area contributed by atoms with Gasteiger partial charge in [-0.15, -0.1) is 0 Å². The first kappa shape index (κ1) is 20.3. The number of nitrogens with zero attached hydrogens (tertiary/aromatic N) is 3. The molecule has 0 aliphatic carbocycles. The Labute approximate surface area is 165 Å². The van der Waals surface area contributed by atoms with Gasteiger partial charge in [0.15, 0.2) is 0 Å². The third-order valence-corrected chi connectivity index (χ3v) is 4.60. The number of benzene rings is 1. The number of hydrogen-bond donors (Lipinski definition) is 1. The van der Waals surface area contributed by atoms with E-state index in [1.807, 2.05) is 24.3 Å². The predicted molar refractivity (Wildman–Crippen MR) is 105 cm³/mol. The Kier molecular flexibility index (Phi) is 7.36. The normalized spacial score (nSPS) is 17.6. The molecule has 1 aliphatic rings. The van der Waals surface area contributed by atoms with Crippen LogP contribution in [0.5, 0.6) is 5.75 Å². The molecular weight excluding hydrogens is 358 g/mol. The standard InChI is InChI=1S/C21H27N3O4/c1-23(15-21(25)26)13-20-14-24(9-10-27-20)12-17-4-6-19(7-5-17)28-16-18-3-2-8-22-11-18/h2-8,11,20H,9-10,12-16H2,1H3,(H,25,26). The molecule has 0 radical (unpaired) electrons. The lowest BCUT2D eigenvalue weighted by atomic mass is 10.1. The second-order valence-electron chi connectivity index (χ2n) is 7.11. The van der Waals surface area contributed by atoms with Gasteiger partial charge in [-0.05, 0) is 30.8 Å². The van der Waals surface area contributed by atoms with Crippen molar-refractivity contribution in [3.05, 3.63) is 59.9 Å². The van der Waals surface area contributed by atoms with Gasteiger partial charge in [-0.3, -0.25) is 19.6 Å². The summed E-state index contributed by atoms with van der Waals surface area (Å²) in [6.07, 6.45) is 3.58. The van der Waals surface area contributed by atoms with Crippen LogP contribution in [0, 0.1) is 0 Å². The van der Waals surface area contributed by atoms with Crippen LogP contribution in [0.2, 0.25) is 0 Å². The van der Waals surface area contributed by atoms with Gasteiger partial charge in [0.05, 0.1) is 19.3 Å². The minimum Gasteiger partial charge on any atom is -0.489 e. The van der Waals surface area contributed by atoms with Crippen LogP contribution >= 0.6 is 0 Å². The zero-order chi connectivity index (χ0) is 19.8. The van der Waals surface area contributed by atoms with Crippen molar-refractivity contribution in [3.63, 3.8) is 0 Å². The fraction of sp³-hybridized carbons (Fsp3) is 0.429. The Bertz CT molecular complexity index is 739. The summed E-state index contributed by atoms with van der Waals surface area (Å²) in [7, 11) is 1.81. The molecule has 0 amide bonds. The highest BCUT2D eigenvalue weighted by Gasteiger charge is 2.22. The first-order chi connectivity index (χ1) is 13.6. The molecule has 28 heavy (non-hydrogen) atoms. The maximum atomic E-state index is 10.8. The average Bonchev–Trinajstić information content (AvgIpc) is 2.68. The Morgan fingerprint density at radius 2 is 2.14 bits per heavy atom. The van der Waals surface area contributed by atoms with Crippen LogP contribution in [-0.4, -0.2) is 71.8 Å². The minimum absolute atomic E-state index is 0.0280. The lowest BCUT2D eigenvalue weighted by Crippen LogP contribution is -2.47. The van der Waals surface area contributed by atoms with Crippen molar-refractivity contribution < 1.29 is 19.4 Å². The number of carboxylic acids is 1. The van der Waals surface area contributed by atoms with Crippen molar-refractivity contribution in [2.45, 2.75) is 19.3 Å². The molecule has 2 heterocycles. The van der Waals surface area contributed by atoms with E-state index in [2.05, 4.69) is 22.0 Å². The van der Waals surface area contributed by atoms with E-state index in [0.717, 1.165) is 30.9 Å². The number of aliphatic carboxylic acids is 1. The van der Waals surface area contributed by atoms with E-state index >= 15 is 0 Å². The van der Waals surface area contributed by atoms with Crippen molar-refractivity contribution in [1.82, 2.24) is 14.8 Å². The first-order valence-electron chi connectivity index (χ1n) is 9.43. The fourth-order valence-electron chi connectivity index (χ4n) is 3.28. The summed E-state index contributed by atoms with van der Waals surface area (Å²) in [5.41, 5.74) is 2.26. The monoisotopic (exact) mass is 385 g/mol. The second-order valence-corrected chi connectivity index (χ2v) is 7.11. The molecule has 3 rings (SSSR count). The topological polar surface area (TPSA) is 75.1 Å². The molecule has 1 fully saturated rings. The van der Waals surface area contributed by atoms with E-state index in [1.54, 1.807) is 24.3 Å². The van der Waals surface area contributed by atoms with Crippen LogP contribution in [-0.2, 0) is 22.7 Å². The summed E-state index contributed by atoms with van der Waals surface area (Å²) in [5.74, 6) is 0.0174. The Morgan fingerprint density at radius 3 is 2.86 bits per heavy atom. The highest BCUT2D eigenvalue weighted by Crippen LogP contribution is 2.17. The molecule has 2 aromatic rings. The largest absolute Gasteiger partial charge is 0.489 e. The zero-order valence-corrected chi connectivity index (χ0v) is 16.2. The summed E-state index contributed by atoms with van der Waals surface area (Å²) in [6, 6.07) is 12.0. The van der Waals surface area contributed by atoms with Crippen LogP contribution in [0.3, 0.4) is 0 Å². The molecule has 7 nitrogen and oxygen atoms in total. The molecule has 1 aromatic heterocycles. The molecule has 7 heteroatoms. The molecule has 1 unspecified atom stereocenters. The van der Waals surface area contributed by atoms with E-state index in [9.17, 15) is 4.79 Å². The van der Waals surface area contributed by atoms with E-state index in [-0.39, 0.29) is 12.6 Å². The summed E-state index contributed by atoms with van der Waals surface area (Å²) in [5, 5.41) is 8.88. The number of likely N-dealkylation sites (N-methyl/N-ethyl adjacent to an activating group) is 1. The highest BCUT2D eigenvalue weighted by atomic mass is 16.5. The molecule has 1 saturated heterocycles. The number of carboxylic acid groups (broad SMARTS) is 1. The van der Waals surface area contributed by atoms with Crippen LogP contribution in [0.15, 0.2) is 48.8 Å². The molecular formula is C21H27N3O4. The number of pyridine rings is 1. The quantitative estimate of drug-likeness (QED) is 0.706. The molecule has 0 saturated carbocycles. The van der Waals surface area contributed by atoms with Crippen LogP contribution < -0.4 is 4.74 Å². The molecule has 1 atom stereocenters. The first-order valence-corrected chi connectivity index (χ1v) is 9.43. The van der Waals surface area contributed by atoms with Crippen LogP contribution in [0.25, 0.3) is 0 Å². The van der Waals surface area contributed by atoms with Gasteiger partial charge in [0.2, 0.25) is 0 Å². The van der Waals surface area contributed by atoms with Crippen molar-refractivity contribution in [2.24, 2.45) is 0 Å². The minimum atomic E-state index is -0.819. The third kappa shape index (κ3) is 6.60. The Hall–Kier alpha value is -2.48. The van der Waals surface area contributed by atoms with Gasteiger partial charge in [0.25, 0.3) is 0 Å². The van der Waals surface area contributed by atoms with E-state index < -0.39 is 5.97 Å². The molecule has 150 valence electrons. The summed E-state index contributed by atoms with van der Waals surface area (Å²) in [6.45, 7) is 4.32. The molecule has 0 spiro atoms. The Morgan fingerprint density at radius 1 is 1.32 bits per heavy atom. The number of rotatable bonds is 9. The van der Waals surface area contributed by atoms with Gasteiger partial charge in [-0.2, -0.15) is 0 Å². The molecule has 1 aliphatic heterocycles. The maximum Gasteiger partial charge on any atom is 0.317 e. The third-order valence-electron chi connectivity index (χ3n) is 4.60. The summed E-state index contributed by atoms with van der Waals surface area (Å²) in [4.78, 5) is 19.0. The van der Waals surface area contributed by atoms with E-state index in [0.29, 0.717) is 19.8 Å². The zero-order valence-electron chi connectivity index (χ0n) is 16.2. The number of morpholine rings is 1. The van der Waals surface area contributed by atoms with Gasteiger partial charge < -0.3 is 14.6 Å². The van der Waals surface area contributed by atoms with Crippen LogP contribution in [0.4, 0.5) is 0 Å². The number of hydrogen-bond acceptors (Lipinski definition) is 6. The lowest BCUT2D eigenvalue weighted by Gasteiger charge is -2.34.